The predicted molar refractivity (Wildman–Crippen MR) is 70.5 cm³/mol. The molecule has 96 valence electrons. The van der Waals surface area contributed by atoms with Crippen molar-refractivity contribution in [2.75, 3.05) is 0 Å². The lowest BCUT2D eigenvalue weighted by atomic mass is 10.2. The molecule has 0 spiro atoms. The van der Waals surface area contributed by atoms with E-state index >= 15 is 0 Å². The zero-order valence-corrected chi connectivity index (χ0v) is 12.0. The number of nitrogens with one attached hydrogen (secondary N) is 1. The molecule has 0 fully saturated rings. The Labute approximate surface area is 110 Å². The highest BCUT2D eigenvalue weighted by atomic mass is 79.9. The summed E-state index contributed by atoms with van der Waals surface area (Å²) in [6.07, 6.45) is 0.881. The summed E-state index contributed by atoms with van der Waals surface area (Å²) in [5, 5.41) is 7.57. The molecule has 0 aliphatic heterocycles. The third kappa shape index (κ3) is 3.29. The van der Waals surface area contributed by atoms with Gasteiger partial charge >= 0.3 is 0 Å². The van der Waals surface area contributed by atoms with E-state index in [1.165, 1.54) is 0 Å². The van der Waals surface area contributed by atoms with Gasteiger partial charge in [-0.05, 0) is 36.2 Å². The van der Waals surface area contributed by atoms with E-state index in [-0.39, 0.29) is 11.9 Å². The number of aromatic nitrogens is 2. The van der Waals surface area contributed by atoms with Crippen molar-refractivity contribution in [1.29, 1.82) is 0 Å². The number of primary amides is 1. The summed E-state index contributed by atoms with van der Waals surface area (Å²) in [5.74, 6) is -0.348. The van der Waals surface area contributed by atoms with Crippen molar-refractivity contribution in [2.24, 2.45) is 5.73 Å². The average Bonchev–Trinajstić information content (AvgIpc) is 2.62. The molecule has 0 radical (unpaired) electrons. The first-order chi connectivity index (χ1) is 8.01. The smallest absolute Gasteiger partial charge is 0.234 e. The quantitative estimate of drug-likeness (QED) is 0.829. The predicted octanol–water partition coefficient (Wildman–Crippen LogP) is 1.19. The Balaban J connectivity index is 2.82. The Morgan fingerprint density at radius 3 is 2.71 bits per heavy atom. The topological polar surface area (TPSA) is 72.9 Å². The van der Waals surface area contributed by atoms with Crippen LogP contribution in [0, 0.1) is 0 Å². The molecule has 1 atom stereocenters. The maximum absolute atomic E-state index is 10.9. The number of halogens is 1. The van der Waals surface area contributed by atoms with Crippen LogP contribution in [-0.2, 0) is 24.3 Å². The van der Waals surface area contributed by atoms with E-state index in [1.807, 2.05) is 11.6 Å². The van der Waals surface area contributed by atoms with Gasteiger partial charge < -0.3 is 11.1 Å². The largest absolute Gasteiger partial charge is 0.368 e. The Kier molecular flexibility index (Phi) is 5.14. The van der Waals surface area contributed by atoms with Crippen LogP contribution in [0.2, 0.25) is 0 Å². The van der Waals surface area contributed by atoms with Crippen LogP contribution >= 0.6 is 15.9 Å². The Morgan fingerprint density at radius 1 is 1.59 bits per heavy atom. The van der Waals surface area contributed by atoms with Gasteiger partial charge in [-0.25, -0.2) is 0 Å². The summed E-state index contributed by atoms with van der Waals surface area (Å²) in [4.78, 5) is 10.9. The highest BCUT2D eigenvalue weighted by Crippen LogP contribution is 2.22. The van der Waals surface area contributed by atoms with Gasteiger partial charge in [-0.15, -0.1) is 0 Å². The van der Waals surface area contributed by atoms with E-state index in [1.54, 1.807) is 6.92 Å². The molecule has 17 heavy (non-hydrogen) atoms. The van der Waals surface area contributed by atoms with Gasteiger partial charge in [0, 0.05) is 13.1 Å². The lowest BCUT2D eigenvalue weighted by molar-refractivity contribution is -0.119. The number of nitrogens with zero attached hydrogens (tertiary/aromatic N) is 2. The van der Waals surface area contributed by atoms with Crippen LogP contribution in [0.5, 0.6) is 0 Å². The SMILES string of the molecule is CCc1nn(CC)c(CNC(C)C(N)=O)c1Br. The summed E-state index contributed by atoms with van der Waals surface area (Å²) in [7, 11) is 0. The van der Waals surface area contributed by atoms with Crippen molar-refractivity contribution in [1.82, 2.24) is 15.1 Å². The van der Waals surface area contributed by atoms with Gasteiger partial charge in [0.1, 0.15) is 0 Å². The van der Waals surface area contributed by atoms with Crippen molar-refractivity contribution in [3.8, 4) is 0 Å². The molecular weight excluding hydrogens is 284 g/mol. The summed E-state index contributed by atoms with van der Waals surface area (Å²) in [5.41, 5.74) is 7.30. The van der Waals surface area contributed by atoms with Gasteiger partial charge in [0.25, 0.3) is 0 Å². The molecule has 0 saturated carbocycles. The fourth-order valence-electron chi connectivity index (χ4n) is 1.54. The van der Waals surface area contributed by atoms with Crippen LogP contribution in [-0.4, -0.2) is 21.7 Å². The molecule has 3 N–H and O–H groups in total. The molecular formula is C11H19BrN4O. The molecule has 0 aromatic carbocycles. The number of rotatable bonds is 6. The minimum atomic E-state index is -0.348. The second kappa shape index (κ2) is 6.16. The third-order valence-electron chi connectivity index (χ3n) is 2.70. The summed E-state index contributed by atoms with van der Waals surface area (Å²) >= 11 is 3.55. The zero-order chi connectivity index (χ0) is 13.0. The molecule has 1 aromatic rings. The highest BCUT2D eigenvalue weighted by Gasteiger charge is 2.15. The molecule has 5 nitrogen and oxygen atoms in total. The van der Waals surface area contributed by atoms with Crippen LogP contribution in [0.4, 0.5) is 0 Å². The van der Waals surface area contributed by atoms with Crippen LogP contribution in [0.3, 0.4) is 0 Å². The molecule has 1 unspecified atom stereocenters. The number of amides is 1. The molecule has 1 aromatic heterocycles. The van der Waals surface area contributed by atoms with Gasteiger partial charge in [0.2, 0.25) is 5.91 Å². The second-order valence-corrected chi connectivity index (χ2v) is 4.67. The molecule has 1 heterocycles. The molecule has 0 bridgehead atoms. The molecule has 1 amide bonds. The van der Waals surface area contributed by atoms with Crippen LogP contribution in [0.25, 0.3) is 0 Å². The first-order valence-electron chi connectivity index (χ1n) is 5.77. The average molecular weight is 303 g/mol. The number of nitrogens with two attached hydrogens (primary N) is 1. The van der Waals surface area contributed by atoms with Gasteiger partial charge in [-0.3, -0.25) is 9.48 Å². The molecule has 0 aliphatic rings. The summed E-state index contributed by atoms with van der Waals surface area (Å²) in [6.45, 7) is 7.24. The maximum Gasteiger partial charge on any atom is 0.234 e. The van der Waals surface area contributed by atoms with E-state index in [2.05, 4.69) is 33.3 Å². The summed E-state index contributed by atoms with van der Waals surface area (Å²) < 4.78 is 2.95. The van der Waals surface area contributed by atoms with E-state index in [4.69, 9.17) is 5.73 Å². The normalized spacial score (nSPS) is 12.7. The monoisotopic (exact) mass is 302 g/mol. The highest BCUT2D eigenvalue weighted by molar-refractivity contribution is 9.10. The number of hydrogen-bond donors (Lipinski definition) is 2. The number of carbonyl (C=O) groups excluding carboxylic acids is 1. The molecule has 6 heteroatoms. The Morgan fingerprint density at radius 2 is 2.24 bits per heavy atom. The molecule has 0 aliphatic carbocycles. The van der Waals surface area contributed by atoms with E-state index in [9.17, 15) is 4.79 Å². The van der Waals surface area contributed by atoms with Crippen LogP contribution in [0.15, 0.2) is 4.47 Å². The summed E-state index contributed by atoms with van der Waals surface area (Å²) in [6, 6.07) is -0.341. The Bertz CT molecular complexity index is 402. The Hall–Kier alpha value is -0.880. The first-order valence-corrected chi connectivity index (χ1v) is 6.57. The molecule has 0 saturated heterocycles. The van der Waals surface area contributed by atoms with Crippen LogP contribution in [0.1, 0.15) is 32.2 Å². The van der Waals surface area contributed by atoms with Gasteiger partial charge in [0.05, 0.1) is 21.9 Å². The van der Waals surface area contributed by atoms with Gasteiger partial charge in [-0.1, -0.05) is 6.92 Å². The second-order valence-electron chi connectivity index (χ2n) is 3.88. The van der Waals surface area contributed by atoms with E-state index in [0.29, 0.717) is 6.54 Å². The standard InChI is InChI=1S/C11H19BrN4O/c1-4-8-10(12)9(16(5-2)15-8)6-14-7(3)11(13)17/h7,14H,4-6H2,1-3H3,(H2,13,17). The van der Waals surface area contributed by atoms with Crippen LogP contribution < -0.4 is 11.1 Å². The molecule has 1 rings (SSSR count). The minimum absolute atomic E-state index is 0.341. The number of aryl methyl sites for hydroxylation is 2. The fraction of sp³-hybridized carbons (Fsp3) is 0.636. The van der Waals surface area contributed by atoms with Crippen molar-refractivity contribution >= 4 is 21.8 Å². The number of hydrogen-bond acceptors (Lipinski definition) is 3. The van der Waals surface area contributed by atoms with Crippen molar-refractivity contribution in [3.63, 3.8) is 0 Å². The van der Waals surface area contributed by atoms with Crippen molar-refractivity contribution in [2.45, 2.75) is 46.3 Å². The van der Waals surface area contributed by atoms with Crippen molar-refractivity contribution < 1.29 is 4.79 Å². The van der Waals surface area contributed by atoms with Crippen molar-refractivity contribution in [3.05, 3.63) is 15.9 Å². The minimum Gasteiger partial charge on any atom is -0.368 e. The first kappa shape index (κ1) is 14.2. The lowest BCUT2D eigenvalue weighted by Crippen LogP contribution is -2.38. The fourth-order valence-corrected chi connectivity index (χ4v) is 2.24. The van der Waals surface area contributed by atoms with Gasteiger partial charge in [-0.2, -0.15) is 5.10 Å². The third-order valence-corrected chi connectivity index (χ3v) is 3.61. The van der Waals surface area contributed by atoms with E-state index < -0.39 is 0 Å². The number of carbonyl (C=O) groups is 1. The lowest BCUT2D eigenvalue weighted by Gasteiger charge is -2.11. The zero-order valence-electron chi connectivity index (χ0n) is 10.5. The van der Waals surface area contributed by atoms with Gasteiger partial charge in [0.15, 0.2) is 0 Å². The van der Waals surface area contributed by atoms with E-state index in [0.717, 1.165) is 28.8 Å². The maximum atomic E-state index is 10.9.